The lowest BCUT2D eigenvalue weighted by Gasteiger charge is -2.34. The van der Waals surface area contributed by atoms with Gasteiger partial charge in [0.1, 0.15) is 23.4 Å². The van der Waals surface area contributed by atoms with Gasteiger partial charge >= 0.3 is 6.18 Å². The largest absolute Gasteiger partial charge is 0.459 e. The molecule has 5 rings (SSSR count). The predicted molar refractivity (Wildman–Crippen MR) is 142 cm³/mol. The first-order valence-corrected chi connectivity index (χ1v) is 12.8. The number of furan rings is 1. The van der Waals surface area contributed by atoms with Gasteiger partial charge in [-0.15, -0.1) is 0 Å². The number of nitrogens with zero attached hydrogens (tertiary/aromatic N) is 4. The molecule has 4 heterocycles. The first-order valence-electron chi connectivity index (χ1n) is 12.8. The van der Waals surface area contributed by atoms with Crippen molar-refractivity contribution in [3.63, 3.8) is 0 Å². The first-order chi connectivity index (χ1) is 19.9. The van der Waals surface area contributed by atoms with Crippen molar-refractivity contribution in [3.8, 4) is 11.4 Å². The smallest absolute Gasteiger partial charge is 0.420 e. The number of nitrogens with one attached hydrogen (secondary N) is 1. The maximum Gasteiger partial charge on any atom is 0.420 e. The third kappa shape index (κ3) is 6.71. The zero-order valence-corrected chi connectivity index (χ0v) is 21.9. The van der Waals surface area contributed by atoms with E-state index in [0.717, 1.165) is 6.07 Å². The summed E-state index contributed by atoms with van der Waals surface area (Å²) in [7, 11) is 0. The molecule has 1 atom stereocenters. The van der Waals surface area contributed by atoms with E-state index in [2.05, 4.69) is 20.3 Å². The molecule has 14 heteroatoms. The van der Waals surface area contributed by atoms with Gasteiger partial charge in [0.25, 0.3) is 5.92 Å². The number of benzene rings is 1. The highest BCUT2D eigenvalue weighted by atomic mass is 19.4. The molecule has 1 aliphatic heterocycles. The number of pyridine rings is 1. The quantitative estimate of drug-likeness (QED) is 0.205. The van der Waals surface area contributed by atoms with E-state index >= 15 is 0 Å². The molecule has 1 unspecified atom stereocenters. The van der Waals surface area contributed by atoms with Crippen molar-refractivity contribution in [3.05, 3.63) is 77.4 Å². The van der Waals surface area contributed by atoms with Gasteiger partial charge in [0.15, 0.2) is 5.82 Å². The maximum atomic E-state index is 14.0. The van der Waals surface area contributed by atoms with Crippen LogP contribution < -0.4 is 11.1 Å². The molecule has 42 heavy (non-hydrogen) atoms. The Morgan fingerprint density at radius 3 is 2.48 bits per heavy atom. The topological polar surface area (TPSA) is 130 Å². The molecule has 0 spiro atoms. The molecule has 1 saturated heterocycles. The molecule has 1 fully saturated rings. The molecule has 4 N–H and O–H groups in total. The van der Waals surface area contributed by atoms with Crippen molar-refractivity contribution in [2.75, 3.05) is 18.8 Å². The van der Waals surface area contributed by atoms with E-state index in [9.17, 15) is 31.9 Å². The van der Waals surface area contributed by atoms with E-state index in [4.69, 9.17) is 10.2 Å². The number of alkyl halides is 5. The molecule has 1 amide bonds. The van der Waals surface area contributed by atoms with Crippen LogP contribution >= 0.6 is 0 Å². The Kier molecular flexibility index (Phi) is 7.93. The van der Waals surface area contributed by atoms with Gasteiger partial charge in [0.05, 0.1) is 12.1 Å². The van der Waals surface area contributed by atoms with Crippen molar-refractivity contribution in [1.29, 1.82) is 0 Å². The van der Waals surface area contributed by atoms with Crippen LogP contribution in [-0.4, -0.2) is 49.9 Å². The van der Waals surface area contributed by atoms with Crippen LogP contribution in [0.2, 0.25) is 0 Å². The molecule has 1 aromatic carbocycles. The second kappa shape index (κ2) is 11.4. The first kappa shape index (κ1) is 29.1. The summed E-state index contributed by atoms with van der Waals surface area (Å²) in [6.07, 6.45) is -0.0513. The van der Waals surface area contributed by atoms with Crippen molar-refractivity contribution >= 4 is 28.8 Å². The Hall–Kier alpha value is -4.43. The number of nitrogen functional groups attached to an aromatic ring is 1. The molecule has 0 saturated carbocycles. The number of amides is 1. The van der Waals surface area contributed by atoms with E-state index < -0.39 is 48.2 Å². The number of aliphatic hydroxyl groups excluding tert-OH is 1. The van der Waals surface area contributed by atoms with Crippen LogP contribution in [0.15, 0.2) is 59.4 Å². The van der Waals surface area contributed by atoms with Gasteiger partial charge in [0, 0.05) is 67.1 Å². The highest BCUT2D eigenvalue weighted by molar-refractivity contribution is 5.92. The molecular weight excluding hydrogens is 563 g/mol. The van der Waals surface area contributed by atoms with Gasteiger partial charge in [-0.2, -0.15) is 13.2 Å². The van der Waals surface area contributed by atoms with Crippen molar-refractivity contribution in [2.24, 2.45) is 0 Å². The minimum absolute atomic E-state index is 0.0266. The van der Waals surface area contributed by atoms with E-state index in [1.807, 2.05) is 0 Å². The van der Waals surface area contributed by atoms with Crippen LogP contribution in [0, 0.1) is 0 Å². The molecule has 220 valence electrons. The van der Waals surface area contributed by atoms with Gasteiger partial charge in [-0.3, -0.25) is 9.69 Å². The van der Waals surface area contributed by atoms with Crippen molar-refractivity contribution in [1.82, 2.24) is 25.2 Å². The number of aromatic nitrogens is 3. The van der Waals surface area contributed by atoms with Crippen LogP contribution in [0.3, 0.4) is 0 Å². The summed E-state index contributed by atoms with van der Waals surface area (Å²) in [4.78, 5) is 25.8. The minimum Gasteiger partial charge on any atom is -0.459 e. The number of carbonyl (C=O) groups excluding carboxylic acids is 1. The van der Waals surface area contributed by atoms with E-state index in [0.29, 0.717) is 11.4 Å². The van der Waals surface area contributed by atoms with E-state index in [1.165, 1.54) is 47.8 Å². The highest BCUT2D eigenvalue weighted by Crippen LogP contribution is 2.39. The molecule has 4 aromatic rings. The summed E-state index contributed by atoms with van der Waals surface area (Å²) in [5.74, 6) is -2.90. The van der Waals surface area contributed by atoms with Gasteiger partial charge < -0.3 is 20.6 Å². The number of nitrogens with two attached hydrogens (primary N) is 1. The number of piperidine rings is 1. The Morgan fingerprint density at radius 1 is 1.12 bits per heavy atom. The number of anilines is 1. The fourth-order valence-electron chi connectivity index (χ4n) is 4.48. The summed E-state index contributed by atoms with van der Waals surface area (Å²) in [6.45, 7) is -0.224. The molecule has 3 aromatic heterocycles. The van der Waals surface area contributed by atoms with E-state index in [-0.39, 0.29) is 47.7 Å². The maximum absolute atomic E-state index is 14.0. The third-order valence-corrected chi connectivity index (χ3v) is 6.75. The number of rotatable bonds is 7. The number of hydrogen-bond donors (Lipinski definition) is 3. The van der Waals surface area contributed by atoms with Crippen LogP contribution in [0.25, 0.3) is 28.4 Å². The van der Waals surface area contributed by atoms with Gasteiger partial charge in [-0.1, -0.05) is 0 Å². The van der Waals surface area contributed by atoms with Crippen LogP contribution in [0.5, 0.6) is 0 Å². The second-order valence-electron chi connectivity index (χ2n) is 9.83. The molecular formula is C28H25F5N6O3. The monoisotopic (exact) mass is 588 g/mol. The summed E-state index contributed by atoms with van der Waals surface area (Å²) in [5.41, 5.74) is 4.97. The van der Waals surface area contributed by atoms with Gasteiger partial charge in [0.2, 0.25) is 5.91 Å². The number of likely N-dealkylation sites (tertiary alicyclic amines) is 1. The number of aliphatic hydroxyl groups is 1. The fraction of sp³-hybridized carbons (Fsp3) is 0.286. The number of carbonyl (C=O) groups is 1. The third-order valence-electron chi connectivity index (χ3n) is 6.75. The van der Waals surface area contributed by atoms with E-state index in [1.54, 1.807) is 12.1 Å². The molecule has 9 nitrogen and oxygen atoms in total. The van der Waals surface area contributed by atoms with Crippen LogP contribution in [0.4, 0.5) is 27.8 Å². The molecule has 0 aliphatic carbocycles. The van der Waals surface area contributed by atoms with Gasteiger partial charge in [-0.25, -0.2) is 23.7 Å². The summed E-state index contributed by atoms with van der Waals surface area (Å²) >= 11 is 0. The summed E-state index contributed by atoms with van der Waals surface area (Å²) in [6, 6.07) is 6.90. The predicted octanol–water partition coefficient (Wildman–Crippen LogP) is 4.94. The summed E-state index contributed by atoms with van der Waals surface area (Å²) < 4.78 is 74.3. The second-order valence-corrected chi connectivity index (χ2v) is 9.83. The van der Waals surface area contributed by atoms with Crippen LogP contribution in [0.1, 0.15) is 41.5 Å². The van der Waals surface area contributed by atoms with Crippen molar-refractivity contribution < 1.29 is 36.3 Å². The highest BCUT2D eigenvalue weighted by Gasteiger charge is 2.37. The average Bonchev–Trinajstić information content (AvgIpc) is 3.37. The lowest BCUT2D eigenvalue weighted by molar-refractivity contribution is -0.136. The SMILES string of the molecule is Nc1ccc(/C=C/C(=O)NCc2cc3cc(-c4ncc(C(O)N5CCC(F)(F)CC5)cn4)cc(C(F)(F)F)c3o2)cn1. The Morgan fingerprint density at radius 2 is 1.83 bits per heavy atom. The Bertz CT molecular complexity index is 1590. The molecule has 1 aliphatic rings. The lowest BCUT2D eigenvalue weighted by Crippen LogP contribution is -2.41. The zero-order valence-electron chi connectivity index (χ0n) is 21.9. The zero-order chi connectivity index (χ0) is 30.1. The Labute approximate surface area is 235 Å². The lowest BCUT2D eigenvalue weighted by atomic mass is 10.1. The van der Waals surface area contributed by atoms with Gasteiger partial charge in [-0.05, 0) is 42.0 Å². The standard InChI is InChI=1S/C28H25F5N6O3/c29-27(30)5-7-39(8-6-27)26(41)19-13-37-25(38-14-19)18-9-17-10-20(42-24(17)21(11-18)28(31,32)33)15-36-23(40)4-2-16-1-3-22(34)35-12-16/h1-4,9-14,26,41H,5-8,15H2,(H2,34,35)(H,36,40)/b4-2+. The van der Waals surface area contributed by atoms with Crippen molar-refractivity contribution in [2.45, 2.75) is 37.7 Å². The summed E-state index contributed by atoms with van der Waals surface area (Å²) in [5, 5.41) is 13.2. The average molecular weight is 589 g/mol. The number of hydrogen-bond acceptors (Lipinski definition) is 8. The number of halogens is 5. The Balaban J connectivity index is 1.33. The minimum atomic E-state index is -4.77. The normalized spacial score (nSPS) is 16.6. The molecule has 0 bridgehead atoms. The fourth-order valence-corrected chi connectivity index (χ4v) is 4.48. The van der Waals surface area contributed by atoms with Crippen LogP contribution in [-0.2, 0) is 17.5 Å². The number of fused-ring (bicyclic) bond motifs is 1. The molecule has 0 radical (unpaired) electrons.